The van der Waals surface area contributed by atoms with Crippen LogP contribution in [0.1, 0.15) is 25.0 Å². The summed E-state index contributed by atoms with van der Waals surface area (Å²) in [6.45, 7) is 3.59. The second-order valence-electron chi connectivity index (χ2n) is 7.45. The maximum absolute atomic E-state index is 12.6. The molecule has 7 nitrogen and oxygen atoms in total. The Bertz CT molecular complexity index is 872. The number of rotatable bonds is 2. The molecule has 2 aromatic rings. The fraction of sp³-hybridized carbons (Fsp3) is 0.450. The number of carbonyl (C=O) groups excluding carboxylic acids is 1. The molecule has 2 aliphatic heterocycles. The average Bonchev–Trinajstić information content (AvgIpc) is 2.66. The van der Waals surface area contributed by atoms with Gasteiger partial charge < -0.3 is 20.4 Å². The van der Waals surface area contributed by atoms with Crippen LogP contribution in [0.4, 0.5) is 5.82 Å². The van der Waals surface area contributed by atoms with Gasteiger partial charge in [-0.25, -0.2) is 9.97 Å². The molecule has 1 aromatic carbocycles. The van der Waals surface area contributed by atoms with Gasteiger partial charge in [0.2, 0.25) is 5.91 Å². The van der Waals surface area contributed by atoms with Crippen molar-refractivity contribution in [2.45, 2.75) is 32.3 Å². The maximum atomic E-state index is 12.6. The van der Waals surface area contributed by atoms with Gasteiger partial charge >= 0.3 is 0 Å². The van der Waals surface area contributed by atoms with Crippen molar-refractivity contribution in [1.29, 1.82) is 0 Å². The van der Waals surface area contributed by atoms with Crippen molar-refractivity contribution < 1.29 is 15.0 Å². The molecule has 0 saturated carbocycles. The monoisotopic (exact) mass is 368 g/mol. The molecule has 2 fully saturated rings. The van der Waals surface area contributed by atoms with Gasteiger partial charge in [-0.1, -0.05) is 12.1 Å². The number of benzene rings is 1. The number of anilines is 1. The van der Waals surface area contributed by atoms with Gasteiger partial charge in [-0.05, 0) is 38.3 Å². The van der Waals surface area contributed by atoms with E-state index in [1.807, 2.05) is 19.1 Å². The molecule has 3 N–H and O–H groups in total. The number of hydrogen-bond donors (Lipinski definition) is 3. The SMILES string of the molecule is Cc1cc(N2CC[C@@H](O)[C@@]3(CCCNC3=O)C2)nc(-c2ccccc2O)n1. The van der Waals surface area contributed by atoms with Gasteiger partial charge in [-0.2, -0.15) is 0 Å². The van der Waals surface area contributed by atoms with Crippen LogP contribution in [0.5, 0.6) is 5.75 Å². The second-order valence-corrected chi connectivity index (χ2v) is 7.45. The van der Waals surface area contributed by atoms with Crippen LogP contribution in [0.25, 0.3) is 11.4 Å². The Labute approximate surface area is 158 Å². The quantitative estimate of drug-likeness (QED) is 0.745. The molecular formula is C20H24N4O3. The van der Waals surface area contributed by atoms with Crippen molar-refractivity contribution in [2.75, 3.05) is 24.5 Å². The van der Waals surface area contributed by atoms with Crippen LogP contribution in [-0.2, 0) is 4.79 Å². The van der Waals surface area contributed by atoms with E-state index in [1.165, 1.54) is 0 Å². The highest BCUT2D eigenvalue weighted by Crippen LogP contribution is 2.39. The number of phenols is 1. The molecule has 1 spiro atoms. The van der Waals surface area contributed by atoms with Crippen molar-refractivity contribution in [3.63, 3.8) is 0 Å². The Morgan fingerprint density at radius 2 is 2.11 bits per heavy atom. The minimum atomic E-state index is -0.787. The summed E-state index contributed by atoms with van der Waals surface area (Å²) >= 11 is 0. The van der Waals surface area contributed by atoms with Crippen LogP contribution >= 0.6 is 0 Å². The van der Waals surface area contributed by atoms with E-state index in [0.717, 1.165) is 12.1 Å². The molecule has 2 aliphatic rings. The van der Waals surface area contributed by atoms with E-state index in [2.05, 4.69) is 20.2 Å². The molecule has 7 heteroatoms. The van der Waals surface area contributed by atoms with Crippen LogP contribution in [0, 0.1) is 12.3 Å². The third-order valence-corrected chi connectivity index (χ3v) is 5.63. The van der Waals surface area contributed by atoms with Gasteiger partial charge in [0.25, 0.3) is 0 Å². The molecule has 1 aromatic heterocycles. The van der Waals surface area contributed by atoms with Crippen molar-refractivity contribution in [3.8, 4) is 17.1 Å². The lowest BCUT2D eigenvalue weighted by atomic mass is 9.71. The highest BCUT2D eigenvalue weighted by Gasteiger charge is 2.50. The second kappa shape index (κ2) is 6.81. The van der Waals surface area contributed by atoms with Crippen LogP contribution in [0.15, 0.2) is 30.3 Å². The van der Waals surface area contributed by atoms with Gasteiger partial charge in [-0.15, -0.1) is 0 Å². The molecule has 0 radical (unpaired) electrons. The van der Waals surface area contributed by atoms with Gasteiger partial charge in [0, 0.05) is 31.4 Å². The molecule has 27 heavy (non-hydrogen) atoms. The molecule has 4 rings (SSSR count). The van der Waals surface area contributed by atoms with Crippen molar-refractivity contribution >= 4 is 11.7 Å². The number of aliphatic hydroxyl groups is 1. The molecule has 3 heterocycles. The largest absolute Gasteiger partial charge is 0.507 e. The first kappa shape index (κ1) is 17.7. The highest BCUT2D eigenvalue weighted by molar-refractivity contribution is 5.85. The number of nitrogens with zero attached hydrogens (tertiary/aromatic N) is 3. The molecule has 2 saturated heterocycles. The Hall–Kier alpha value is -2.67. The number of aliphatic hydroxyl groups excluding tert-OH is 1. The lowest BCUT2D eigenvalue weighted by Gasteiger charge is -2.47. The topological polar surface area (TPSA) is 98.6 Å². The van der Waals surface area contributed by atoms with Crippen LogP contribution in [-0.4, -0.2) is 51.8 Å². The highest BCUT2D eigenvalue weighted by atomic mass is 16.3. The summed E-state index contributed by atoms with van der Waals surface area (Å²) in [6, 6.07) is 8.87. The van der Waals surface area contributed by atoms with E-state index in [1.54, 1.807) is 18.2 Å². The molecular weight excluding hydrogens is 344 g/mol. The number of piperidine rings is 2. The Balaban J connectivity index is 1.69. The number of aromatic hydroxyl groups is 1. The van der Waals surface area contributed by atoms with Crippen LogP contribution in [0.3, 0.4) is 0 Å². The molecule has 0 unspecified atom stereocenters. The smallest absolute Gasteiger partial charge is 0.230 e. The third-order valence-electron chi connectivity index (χ3n) is 5.63. The van der Waals surface area contributed by atoms with Gasteiger partial charge in [0.1, 0.15) is 11.6 Å². The number of phenolic OH excluding ortho intramolecular Hbond substituents is 1. The maximum Gasteiger partial charge on any atom is 0.230 e. The van der Waals surface area contributed by atoms with E-state index < -0.39 is 11.5 Å². The lowest BCUT2D eigenvalue weighted by Crippen LogP contribution is -2.61. The zero-order valence-corrected chi connectivity index (χ0v) is 15.4. The number of carbonyl (C=O) groups is 1. The summed E-state index contributed by atoms with van der Waals surface area (Å²) in [5.74, 6) is 1.23. The zero-order chi connectivity index (χ0) is 19.0. The normalized spacial score (nSPS) is 25.5. The van der Waals surface area contributed by atoms with Crippen LogP contribution in [0.2, 0.25) is 0 Å². The van der Waals surface area contributed by atoms with Crippen molar-refractivity contribution in [3.05, 3.63) is 36.0 Å². The van der Waals surface area contributed by atoms with Gasteiger partial charge in [-0.3, -0.25) is 4.79 Å². The summed E-state index contributed by atoms with van der Waals surface area (Å²) in [5, 5.41) is 23.6. The molecule has 142 valence electrons. The minimum absolute atomic E-state index is 0.0716. The van der Waals surface area contributed by atoms with E-state index in [9.17, 15) is 15.0 Å². The molecule has 0 bridgehead atoms. The lowest BCUT2D eigenvalue weighted by molar-refractivity contribution is -0.142. The predicted molar refractivity (Wildman–Crippen MR) is 101 cm³/mol. The average molecular weight is 368 g/mol. The first-order valence-corrected chi connectivity index (χ1v) is 9.35. The predicted octanol–water partition coefficient (Wildman–Crippen LogP) is 1.63. The number of aryl methyl sites for hydroxylation is 1. The van der Waals surface area contributed by atoms with Gasteiger partial charge in [0.15, 0.2) is 5.82 Å². The minimum Gasteiger partial charge on any atom is -0.507 e. The summed E-state index contributed by atoms with van der Waals surface area (Å²) in [6.07, 6.45) is 1.41. The standard InChI is InChI=1S/C20H24N4O3/c1-13-11-17(23-18(22-13)14-5-2-3-6-15(14)25)24-10-7-16(26)20(12-24)8-4-9-21-19(20)27/h2-3,5-6,11,16,25-26H,4,7-10,12H2,1H3,(H,21,27)/t16-,20-/m1/s1. The van der Waals surface area contributed by atoms with E-state index in [0.29, 0.717) is 49.7 Å². The Morgan fingerprint density at radius 1 is 1.30 bits per heavy atom. The van der Waals surface area contributed by atoms with E-state index in [4.69, 9.17) is 0 Å². The van der Waals surface area contributed by atoms with Crippen LogP contribution < -0.4 is 10.2 Å². The Kier molecular flexibility index (Phi) is 4.47. The summed E-state index contributed by atoms with van der Waals surface area (Å²) in [5.41, 5.74) is 0.570. The zero-order valence-electron chi connectivity index (χ0n) is 15.4. The third kappa shape index (κ3) is 3.12. The van der Waals surface area contributed by atoms with E-state index >= 15 is 0 Å². The summed E-state index contributed by atoms with van der Waals surface area (Å²) < 4.78 is 0. The van der Waals surface area contributed by atoms with Crippen molar-refractivity contribution in [1.82, 2.24) is 15.3 Å². The van der Waals surface area contributed by atoms with Crippen molar-refractivity contribution in [2.24, 2.45) is 5.41 Å². The van der Waals surface area contributed by atoms with E-state index in [-0.39, 0.29) is 11.7 Å². The number of nitrogens with one attached hydrogen (secondary N) is 1. The first-order valence-electron chi connectivity index (χ1n) is 9.35. The Morgan fingerprint density at radius 3 is 2.89 bits per heavy atom. The number of para-hydroxylation sites is 1. The summed E-state index contributed by atoms with van der Waals surface area (Å²) in [4.78, 5) is 23.8. The number of amides is 1. The number of hydrogen-bond acceptors (Lipinski definition) is 6. The first-order chi connectivity index (χ1) is 13.0. The fourth-order valence-electron chi connectivity index (χ4n) is 4.14. The fourth-order valence-corrected chi connectivity index (χ4v) is 4.14. The van der Waals surface area contributed by atoms with Gasteiger partial charge in [0.05, 0.1) is 17.1 Å². The number of aromatic nitrogens is 2. The molecule has 2 atom stereocenters. The molecule has 0 aliphatic carbocycles. The molecule has 1 amide bonds. The summed E-state index contributed by atoms with van der Waals surface area (Å²) in [7, 11) is 0.